The monoisotopic (exact) mass is 383 g/mol. The first-order valence-electron chi connectivity index (χ1n) is 5.21. The summed E-state index contributed by atoms with van der Waals surface area (Å²) in [6.07, 6.45) is 0. The van der Waals surface area contributed by atoms with Crippen molar-refractivity contribution in [3.63, 3.8) is 0 Å². The summed E-state index contributed by atoms with van der Waals surface area (Å²) in [5.74, 6) is 0. The quantitative estimate of drug-likeness (QED) is 0.485. The van der Waals surface area contributed by atoms with Crippen LogP contribution in [0.3, 0.4) is 0 Å². The van der Waals surface area contributed by atoms with Crippen LogP contribution in [0.15, 0.2) is 0 Å². The Labute approximate surface area is 145 Å². The number of rotatable bonds is 0. The van der Waals surface area contributed by atoms with Crippen LogP contribution in [0.25, 0.3) is 0 Å². The van der Waals surface area contributed by atoms with Gasteiger partial charge in [-0.25, -0.2) is 19.9 Å². The first-order valence-corrected chi connectivity index (χ1v) is 7.10. The van der Waals surface area contributed by atoms with Gasteiger partial charge in [0.05, 0.1) is 16.4 Å². The predicted octanol–water partition coefficient (Wildman–Crippen LogP) is 4.71. The lowest BCUT2D eigenvalue weighted by Gasteiger charge is -1.97. The van der Waals surface area contributed by atoms with E-state index in [2.05, 4.69) is 19.9 Å². The third-order valence-corrected chi connectivity index (χ3v) is 3.51. The molecule has 2 heterocycles. The molecule has 2 rings (SSSR count). The lowest BCUT2D eigenvalue weighted by Crippen LogP contribution is -1.93. The molecule has 2 aromatic heterocycles. The van der Waals surface area contributed by atoms with Gasteiger partial charge in [0.2, 0.25) is 10.6 Å². The van der Waals surface area contributed by atoms with E-state index in [9.17, 15) is 0 Å². The van der Waals surface area contributed by atoms with Crippen LogP contribution in [-0.2, 0) is 0 Å². The fourth-order valence-corrected chi connectivity index (χ4v) is 2.19. The van der Waals surface area contributed by atoms with Gasteiger partial charge in [0.1, 0.15) is 11.6 Å². The molecule has 0 bridgehead atoms. The lowest BCUT2D eigenvalue weighted by atomic mass is 10.3. The smallest absolute Gasteiger partial charge is 0.222 e. The second-order valence-electron chi connectivity index (χ2n) is 3.54. The Balaban J connectivity index is 0.000000211. The molecule has 0 aromatic carbocycles. The number of nitriles is 1. The summed E-state index contributed by atoms with van der Waals surface area (Å²) in [5, 5.41) is 9.36. The van der Waals surface area contributed by atoms with Crippen LogP contribution in [0, 0.1) is 25.2 Å². The molecule has 0 amide bonds. The van der Waals surface area contributed by atoms with Gasteiger partial charge in [0.25, 0.3) is 0 Å². The van der Waals surface area contributed by atoms with E-state index in [4.69, 9.17) is 63.3 Å². The van der Waals surface area contributed by atoms with Crippen molar-refractivity contribution in [3.05, 3.63) is 42.8 Å². The van der Waals surface area contributed by atoms with E-state index in [1.54, 1.807) is 13.8 Å². The molecule has 21 heavy (non-hydrogen) atoms. The number of aryl methyl sites for hydroxylation is 2. The van der Waals surface area contributed by atoms with Crippen LogP contribution in [0.4, 0.5) is 0 Å². The highest BCUT2D eigenvalue weighted by Gasteiger charge is 2.07. The summed E-state index contributed by atoms with van der Waals surface area (Å²) in [5.41, 5.74) is 1.36. The normalized spacial score (nSPS) is 9.62. The molecule has 0 unspecified atom stereocenters. The number of nitrogens with zero attached hydrogens (tertiary/aromatic N) is 5. The van der Waals surface area contributed by atoms with Crippen molar-refractivity contribution < 1.29 is 0 Å². The standard InChI is InChI=1S/C6H3Cl2N3.C5H3Cl3N2/c1-3-4(2-9)5(7)11-6(8)10-3;1-2-3(6)4(7)10-5(8)9-2/h1H3;1H3. The Morgan fingerprint density at radius 3 is 1.67 bits per heavy atom. The summed E-state index contributed by atoms with van der Waals surface area (Å²) < 4.78 is 0. The molecule has 0 spiro atoms. The molecule has 0 aliphatic rings. The van der Waals surface area contributed by atoms with E-state index >= 15 is 0 Å². The van der Waals surface area contributed by atoms with Gasteiger partial charge in [0, 0.05) is 0 Å². The zero-order valence-electron chi connectivity index (χ0n) is 10.6. The van der Waals surface area contributed by atoms with Crippen LogP contribution in [-0.4, -0.2) is 19.9 Å². The van der Waals surface area contributed by atoms with E-state index in [1.165, 1.54) is 0 Å². The second kappa shape index (κ2) is 7.92. The second-order valence-corrected chi connectivity index (χ2v) is 5.31. The molecule has 10 heteroatoms. The third kappa shape index (κ3) is 5.10. The average molecular weight is 385 g/mol. The molecule has 0 radical (unpaired) electrons. The predicted molar refractivity (Wildman–Crippen MR) is 83.3 cm³/mol. The molecule has 0 aliphatic carbocycles. The summed E-state index contributed by atoms with van der Waals surface area (Å²) in [4.78, 5) is 14.7. The van der Waals surface area contributed by atoms with Crippen molar-refractivity contribution >= 4 is 58.0 Å². The minimum atomic E-state index is 0.0616. The Morgan fingerprint density at radius 2 is 1.24 bits per heavy atom. The van der Waals surface area contributed by atoms with Crippen LogP contribution >= 0.6 is 58.0 Å². The summed E-state index contributed by atoms with van der Waals surface area (Å²) >= 11 is 27.7. The van der Waals surface area contributed by atoms with Crippen LogP contribution in [0.5, 0.6) is 0 Å². The van der Waals surface area contributed by atoms with Crippen molar-refractivity contribution in [2.24, 2.45) is 0 Å². The van der Waals surface area contributed by atoms with E-state index in [1.807, 2.05) is 6.07 Å². The molecule has 0 saturated heterocycles. The molecular formula is C11H6Cl5N5. The highest BCUT2D eigenvalue weighted by atomic mass is 35.5. The van der Waals surface area contributed by atoms with E-state index in [0.717, 1.165) is 0 Å². The number of hydrogen-bond donors (Lipinski definition) is 0. The SMILES string of the molecule is Cc1nc(Cl)nc(Cl)c1C#N.Cc1nc(Cl)nc(Cl)c1Cl. The average Bonchev–Trinajstić information content (AvgIpc) is 2.36. The van der Waals surface area contributed by atoms with Crippen molar-refractivity contribution in [1.82, 2.24) is 19.9 Å². The summed E-state index contributed by atoms with van der Waals surface area (Å²) in [6, 6.07) is 1.88. The van der Waals surface area contributed by atoms with Gasteiger partial charge < -0.3 is 0 Å². The summed E-state index contributed by atoms with van der Waals surface area (Å²) in [6.45, 7) is 3.36. The fourth-order valence-electron chi connectivity index (χ4n) is 1.12. The number of halogens is 5. The fraction of sp³-hybridized carbons (Fsp3) is 0.182. The highest BCUT2D eigenvalue weighted by Crippen LogP contribution is 2.22. The van der Waals surface area contributed by atoms with E-state index < -0.39 is 0 Å². The minimum Gasteiger partial charge on any atom is -0.222 e. The Hall–Kier alpha value is -0.900. The van der Waals surface area contributed by atoms with Gasteiger partial charge in [0.15, 0.2) is 10.3 Å². The van der Waals surface area contributed by atoms with Crippen LogP contribution in [0.1, 0.15) is 17.0 Å². The molecule has 0 aliphatic heterocycles. The molecule has 0 saturated carbocycles. The largest absolute Gasteiger partial charge is 0.224 e. The van der Waals surface area contributed by atoms with E-state index in [-0.39, 0.29) is 26.4 Å². The van der Waals surface area contributed by atoms with Crippen LogP contribution in [0.2, 0.25) is 25.9 Å². The number of hydrogen-bond acceptors (Lipinski definition) is 5. The molecule has 5 nitrogen and oxygen atoms in total. The van der Waals surface area contributed by atoms with Crippen molar-refractivity contribution in [2.45, 2.75) is 13.8 Å². The first-order chi connectivity index (χ1) is 9.76. The molecule has 0 N–H and O–H groups in total. The van der Waals surface area contributed by atoms with Crippen molar-refractivity contribution in [1.29, 1.82) is 5.26 Å². The van der Waals surface area contributed by atoms with Crippen LogP contribution < -0.4 is 0 Å². The van der Waals surface area contributed by atoms with E-state index in [0.29, 0.717) is 16.4 Å². The summed E-state index contributed by atoms with van der Waals surface area (Å²) in [7, 11) is 0. The van der Waals surface area contributed by atoms with Gasteiger partial charge >= 0.3 is 0 Å². The zero-order chi connectivity index (χ0) is 16.2. The molecule has 2 aromatic rings. The molecular weight excluding hydrogens is 379 g/mol. The molecule has 0 atom stereocenters. The first kappa shape index (κ1) is 18.1. The van der Waals surface area contributed by atoms with Gasteiger partial charge in [-0.1, -0.05) is 34.8 Å². The maximum absolute atomic E-state index is 8.53. The maximum atomic E-state index is 8.53. The minimum absolute atomic E-state index is 0.0616. The highest BCUT2D eigenvalue weighted by molar-refractivity contribution is 6.42. The Morgan fingerprint density at radius 1 is 0.762 bits per heavy atom. The Kier molecular flexibility index (Phi) is 6.85. The van der Waals surface area contributed by atoms with Gasteiger partial charge in [-0.15, -0.1) is 0 Å². The maximum Gasteiger partial charge on any atom is 0.224 e. The van der Waals surface area contributed by atoms with Crippen molar-refractivity contribution in [2.75, 3.05) is 0 Å². The lowest BCUT2D eigenvalue weighted by molar-refractivity contribution is 1.09. The molecule has 110 valence electrons. The molecule has 0 fully saturated rings. The zero-order valence-corrected chi connectivity index (χ0v) is 14.4. The Bertz CT molecular complexity index is 667. The number of aromatic nitrogens is 4. The third-order valence-electron chi connectivity index (χ3n) is 2.08. The topological polar surface area (TPSA) is 75.3 Å². The van der Waals surface area contributed by atoms with Gasteiger partial charge in [-0.05, 0) is 37.0 Å². The van der Waals surface area contributed by atoms with Gasteiger partial charge in [-0.2, -0.15) is 5.26 Å². The van der Waals surface area contributed by atoms with Gasteiger partial charge in [-0.3, -0.25) is 0 Å². The van der Waals surface area contributed by atoms with Crippen molar-refractivity contribution in [3.8, 4) is 6.07 Å².